The summed E-state index contributed by atoms with van der Waals surface area (Å²) in [6.45, 7) is 7.62. The minimum atomic E-state index is -0.600. The van der Waals surface area contributed by atoms with Gasteiger partial charge in [0.1, 0.15) is 0 Å². The smallest absolute Gasteiger partial charge is 0.0757 e. The average Bonchev–Trinajstić information content (AvgIpc) is 2.28. The summed E-state index contributed by atoms with van der Waals surface area (Å²) in [7, 11) is 0. The van der Waals surface area contributed by atoms with E-state index in [0.29, 0.717) is 13.2 Å². The van der Waals surface area contributed by atoms with Crippen molar-refractivity contribution in [3.8, 4) is 0 Å². The molecule has 0 amide bonds. The molecular weight excluding hydrogens is 212 g/mol. The van der Waals surface area contributed by atoms with E-state index in [1.165, 1.54) is 16.7 Å². The van der Waals surface area contributed by atoms with E-state index >= 15 is 0 Å². The van der Waals surface area contributed by atoms with E-state index in [-0.39, 0.29) is 5.92 Å². The van der Waals surface area contributed by atoms with Gasteiger partial charge in [-0.3, -0.25) is 0 Å². The van der Waals surface area contributed by atoms with Crippen molar-refractivity contribution in [2.75, 3.05) is 13.2 Å². The van der Waals surface area contributed by atoms with Gasteiger partial charge in [0.05, 0.1) is 12.2 Å². The van der Waals surface area contributed by atoms with Crippen molar-refractivity contribution in [3.63, 3.8) is 0 Å². The second kappa shape index (κ2) is 4.79. The Balaban J connectivity index is 2.21. The van der Waals surface area contributed by atoms with Crippen molar-refractivity contribution < 1.29 is 9.84 Å². The molecule has 1 aliphatic rings. The van der Waals surface area contributed by atoms with E-state index in [9.17, 15) is 5.11 Å². The van der Waals surface area contributed by atoms with Gasteiger partial charge in [-0.05, 0) is 25.0 Å². The number of ether oxygens (including phenoxy) is 1. The molecule has 0 aromatic heterocycles. The summed E-state index contributed by atoms with van der Waals surface area (Å²) in [6, 6.07) is 6.45. The van der Waals surface area contributed by atoms with Gasteiger partial charge >= 0.3 is 0 Å². The van der Waals surface area contributed by atoms with Gasteiger partial charge in [-0.15, -0.1) is 0 Å². The molecule has 1 aromatic rings. The zero-order valence-electron chi connectivity index (χ0n) is 11.0. The number of aryl methyl sites for hydroxylation is 2. The second-order valence-corrected chi connectivity index (χ2v) is 5.44. The minimum Gasteiger partial charge on any atom is -0.389 e. The van der Waals surface area contributed by atoms with E-state index in [4.69, 9.17) is 4.74 Å². The van der Waals surface area contributed by atoms with Crippen LogP contribution in [0.4, 0.5) is 0 Å². The summed E-state index contributed by atoms with van der Waals surface area (Å²) in [4.78, 5) is 0. The molecule has 1 aromatic carbocycles. The molecular formula is C15H22O2. The van der Waals surface area contributed by atoms with Gasteiger partial charge in [0.25, 0.3) is 0 Å². The summed E-state index contributed by atoms with van der Waals surface area (Å²) < 4.78 is 5.41. The van der Waals surface area contributed by atoms with Crippen LogP contribution >= 0.6 is 0 Å². The Morgan fingerprint density at radius 2 is 2.18 bits per heavy atom. The van der Waals surface area contributed by atoms with Crippen molar-refractivity contribution in [3.05, 3.63) is 34.9 Å². The lowest BCUT2D eigenvalue weighted by atomic mass is 9.79. The SMILES string of the molecule is Cc1ccc(C)c(CC2(O)CCOCC2C)c1. The Kier molecular flexibility index (Phi) is 3.55. The van der Waals surface area contributed by atoms with Crippen LogP contribution in [-0.4, -0.2) is 23.9 Å². The predicted octanol–water partition coefficient (Wildman–Crippen LogP) is 2.63. The highest BCUT2D eigenvalue weighted by Gasteiger charge is 2.36. The molecule has 0 radical (unpaired) electrons. The van der Waals surface area contributed by atoms with Crippen LogP contribution in [-0.2, 0) is 11.2 Å². The molecule has 1 saturated heterocycles. The van der Waals surface area contributed by atoms with Crippen molar-refractivity contribution in [1.29, 1.82) is 0 Å². The fourth-order valence-electron chi connectivity index (χ4n) is 2.49. The zero-order valence-corrected chi connectivity index (χ0v) is 11.0. The third kappa shape index (κ3) is 2.70. The molecule has 1 aliphatic heterocycles. The van der Waals surface area contributed by atoms with Gasteiger partial charge in [-0.1, -0.05) is 30.7 Å². The van der Waals surface area contributed by atoms with Crippen LogP contribution in [0.2, 0.25) is 0 Å². The Hall–Kier alpha value is -0.860. The molecule has 94 valence electrons. The average molecular weight is 234 g/mol. The maximum Gasteiger partial charge on any atom is 0.0757 e. The van der Waals surface area contributed by atoms with Gasteiger partial charge in [0.2, 0.25) is 0 Å². The standard InChI is InChI=1S/C15H22O2/c1-11-4-5-12(2)14(8-11)9-15(16)6-7-17-10-13(15)3/h4-5,8,13,16H,6-7,9-10H2,1-3H3. The highest BCUT2D eigenvalue weighted by molar-refractivity contribution is 5.31. The van der Waals surface area contributed by atoms with E-state index < -0.39 is 5.60 Å². The van der Waals surface area contributed by atoms with Crippen molar-refractivity contribution in [1.82, 2.24) is 0 Å². The van der Waals surface area contributed by atoms with Crippen LogP contribution in [0.5, 0.6) is 0 Å². The molecule has 1 fully saturated rings. The molecule has 0 bridgehead atoms. The number of hydrogen-bond acceptors (Lipinski definition) is 2. The van der Waals surface area contributed by atoms with E-state index in [2.05, 4.69) is 39.0 Å². The van der Waals surface area contributed by atoms with Gasteiger partial charge in [-0.25, -0.2) is 0 Å². The van der Waals surface area contributed by atoms with E-state index in [1.54, 1.807) is 0 Å². The van der Waals surface area contributed by atoms with Crippen LogP contribution in [0.1, 0.15) is 30.0 Å². The highest BCUT2D eigenvalue weighted by atomic mass is 16.5. The zero-order chi connectivity index (χ0) is 12.5. The molecule has 0 spiro atoms. The fourth-order valence-corrected chi connectivity index (χ4v) is 2.49. The lowest BCUT2D eigenvalue weighted by Gasteiger charge is -2.38. The Morgan fingerprint density at radius 1 is 1.41 bits per heavy atom. The summed E-state index contributed by atoms with van der Waals surface area (Å²) in [5.74, 6) is 0.205. The second-order valence-electron chi connectivity index (χ2n) is 5.44. The highest BCUT2D eigenvalue weighted by Crippen LogP contribution is 2.31. The maximum atomic E-state index is 10.7. The van der Waals surface area contributed by atoms with Crippen LogP contribution in [0.3, 0.4) is 0 Å². The molecule has 2 atom stereocenters. The van der Waals surface area contributed by atoms with Crippen molar-refractivity contribution in [2.45, 2.75) is 39.2 Å². The molecule has 2 heteroatoms. The first-order valence-corrected chi connectivity index (χ1v) is 6.37. The third-order valence-electron chi connectivity index (χ3n) is 3.97. The van der Waals surface area contributed by atoms with Gasteiger partial charge in [0.15, 0.2) is 0 Å². The molecule has 1 N–H and O–H groups in total. The first kappa shape index (κ1) is 12.6. The normalized spacial score (nSPS) is 29.3. The first-order valence-electron chi connectivity index (χ1n) is 6.37. The summed E-state index contributed by atoms with van der Waals surface area (Å²) in [5, 5.41) is 10.7. The largest absolute Gasteiger partial charge is 0.389 e. The maximum absolute atomic E-state index is 10.7. The van der Waals surface area contributed by atoms with Crippen molar-refractivity contribution in [2.24, 2.45) is 5.92 Å². The topological polar surface area (TPSA) is 29.5 Å². The van der Waals surface area contributed by atoms with Crippen LogP contribution in [0.25, 0.3) is 0 Å². The first-order chi connectivity index (χ1) is 8.01. The molecule has 17 heavy (non-hydrogen) atoms. The van der Waals surface area contributed by atoms with E-state index in [0.717, 1.165) is 12.8 Å². The molecule has 0 saturated carbocycles. The molecule has 2 nitrogen and oxygen atoms in total. The van der Waals surface area contributed by atoms with Crippen LogP contribution in [0, 0.1) is 19.8 Å². The molecule has 1 heterocycles. The molecule has 2 unspecified atom stereocenters. The van der Waals surface area contributed by atoms with Crippen LogP contribution in [0.15, 0.2) is 18.2 Å². The monoisotopic (exact) mass is 234 g/mol. The minimum absolute atomic E-state index is 0.205. The summed E-state index contributed by atoms with van der Waals surface area (Å²) >= 11 is 0. The summed E-state index contributed by atoms with van der Waals surface area (Å²) in [6.07, 6.45) is 1.48. The molecule has 0 aliphatic carbocycles. The number of hydrogen-bond donors (Lipinski definition) is 1. The Labute approximate surface area is 104 Å². The number of rotatable bonds is 2. The quantitative estimate of drug-likeness (QED) is 0.852. The Morgan fingerprint density at radius 3 is 2.88 bits per heavy atom. The lowest BCUT2D eigenvalue weighted by Crippen LogP contribution is -2.45. The van der Waals surface area contributed by atoms with Gasteiger partial charge in [-0.2, -0.15) is 0 Å². The van der Waals surface area contributed by atoms with Gasteiger partial charge in [0, 0.05) is 25.4 Å². The number of aliphatic hydroxyl groups is 1. The van der Waals surface area contributed by atoms with Gasteiger partial charge < -0.3 is 9.84 Å². The summed E-state index contributed by atoms with van der Waals surface area (Å²) in [5.41, 5.74) is 3.19. The molecule has 2 rings (SSSR count). The lowest BCUT2D eigenvalue weighted by molar-refractivity contribution is -0.105. The van der Waals surface area contributed by atoms with E-state index in [1.807, 2.05) is 0 Å². The number of benzene rings is 1. The van der Waals surface area contributed by atoms with Crippen molar-refractivity contribution >= 4 is 0 Å². The fraction of sp³-hybridized carbons (Fsp3) is 0.600. The Bertz CT molecular complexity index is 400. The predicted molar refractivity (Wildman–Crippen MR) is 69.2 cm³/mol. The third-order valence-corrected chi connectivity index (χ3v) is 3.97. The van der Waals surface area contributed by atoms with Crippen LogP contribution < -0.4 is 0 Å².